The summed E-state index contributed by atoms with van der Waals surface area (Å²) in [6.45, 7) is 2.46. The van der Waals surface area contributed by atoms with Gasteiger partial charge in [-0.25, -0.2) is 4.79 Å². The van der Waals surface area contributed by atoms with Gasteiger partial charge in [-0.15, -0.1) is 0 Å². The average Bonchev–Trinajstić information content (AvgIpc) is 2.64. The van der Waals surface area contributed by atoms with Crippen LogP contribution in [-0.4, -0.2) is 43.3 Å². The van der Waals surface area contributed by atoms with Crippen molar-refractivity contribution < 1.29 is 19.2 Å². The molecule has 7 heteroatoms. The van der Waals surface area contributed by atoms with Crippen LogP contribution in [0, 0.1) is 10.1 Å². The summed E-state index contributed by atoms with van der Waals surface area (Å²) < 4.78 is 11.1. The van der Waals surface area contributed by atoms with Gasteiger partial charge >= 0.3 is 5.97 Å². The van der Waals surface area contributed by atoms with E-state index in [1.54, 1.807) is 6.07 Å². The smallest absolute Gasteiger partial charge is 0.340 e. The highest BCUT2D eigenvalue weighted by Gasteiger charge is 2.25. The topological polar surface area (TPSA) is 81.9 Å². The third-order valence-corrected chi connectivity index (χ3v) is 5.09. The summed E-state index contributed by atoms with van der Waals surface area (Å²) >= 11 is 0. The highest BCUT2D eigenvalue weighted by atomic mass is 16.6. The number of hydrogen-bond acceptors (Lipinski definition) is 6. The molecule has 2 aliphatic rings. The number of carbonyl (C=O) groups is 1. The highest BCUT2D eigenvalue weighted by Crippen LogP contribution is 2.28. The quantitative estimate of drug-likeness (QED) is 0.461. The van der Waals surface area contributed by atoms with E-state index in [1.165, 1.54) is 31.4 Å². The Hall–Kier alpha value is -2.15. The van der Waals surface area contributed by atoms with Gasteiger partial charge in [-0.2, -0.15) is 0 Å². The largest absolute Gasteiger partial charge is 0.459 e. The maximum absolute atomic E-state index is 12.8. The lowest BCUT2D eigenvalue weighted by molar-refractivity contribution is -0.384. The van der Waals surface area contributed by atoms with Gasteiger partial charge in [0.2, 0.25) is 0 Å². The summed E-state index contributed by atoms with van der Waals surface area (Å²) in [5, 5.41) is 11.2. The molecule has 0 spiro atoms. The molecule has 7 nitrogen and oxygen atoms in total. The molecule has 1 aliphatic heterocycles. The second-order valence-electron chi connectivity index (χ2n) is 6.93. The Morgan fingerprint density at radius 1 is 1.12 bits per heavy atom. The van der Waals surface area contributed by atoms with Gasteiger partial charge in [-0.05, 0) is 31.7 Å². The fourth-order valence-corrected chi connectivity index (χ4v) is 3.63. The first-order valence-corrected chi connectivity index (χ1v) is 9.47. The number of hydrogen-bond donors (Lipinski definition) is 0. The van der Waals surface area contributed by atoms with Crippen LogP contribution >= 0.6 is 0 Å². The van der Waals surface area contributed by atoms with Gasteiger partial charge in [-0.1, -0.05) is 19.3 Å². The molecule has 1 heterocycles. The summed E-state index contributed by atoms with van der Waals surface area (Å²) in [6.07, 6.45) is 7.34. The number of ether oxygens (including phenoxy) is 2. The minimum absolute atomic E-state index is 0.0911. The number of esters is 1. The molecule has 1 aromatic carbocycles. The molecular weight excluding hydrogens is 336 g/mol. The Kier molecular flexibility index (Phi) is 6.44. The molecular formula is C19H26N2O5. The minimum Gasteiger partial charge on any atom is -0.459 e. The van der Waals surface area contributed by atoms with E-state index in [9.17, 15) is 14.9 Å². The van der Waals surface area contributed by atoms with E-state index in [-0.39, 0.29) is 17.4 Å². The molecule has 142 valence electrons. The van der Waals surface area contributed by atoms with E-state index < -0.39 is 10.9 Å². The number of non-ortho nitro benzene ring substituents is 1. The number of anilines is 1. The van der Waals surface area contributed by atoms with Crippen molar-refractivity contribution >= 4 is 17.3 Å². The van der Waals surface area contributed by atoms with Gasteiger partial charge in [-0.3, -0.25) is 10.1 Å². The first kappa shape index (κ1) is 18.6. The number of rotatable bonds is 4. The van der Waals surface area contributed by atoms with Crippen LogP contribution in [0.5, 0.6) is 0 Å². The average molecular weight is 362 g/mol. The Labute approximate surface area is 153 Å². The normalized spacial score (nSPS) is 19.5. The number of nitro benzene ring substituents is 1. The van der Waals surface area contributed by atoms with Crippen molar-refractivity contribution in [2.24, 2.45) is 0 Å². The van der Waals surface area contributed by atoms with Crippen LogP contribution in [-0.2, 0) is 9.47 Å². The number of carbonyl (C=O) groups excluding carboxylic acids is 1. The van der Waals surface area contributed by atoms with Crippen molar-refractivity contribution in [3.63, 3.8) is 0 Å². The van der Waals surface area contributed by atoms with E-state index in [4.69, 9.17) is 9.47 Å². The number of benzene rings is 1. The van der Waals surface area contributed by atoms with Crippen molar-refractivity contribution in [1.29, 1.82) is 0 Å². The second-order valence-corrected chi connectivity index (χ2v) is 6.93. The first-order chi connectivity index (χ1) is 12.6. The maximum Gasteiger partial charge on any atom is 0.340 e. The Bertz CT molecular complexity index is 635. The van der Waals surface area contributed by atoms with Crippen molar-refractivity contribution in [1.82, 2.24) is 0 Å². The lowest BCUT2D eigenvalue weighted by Gasteiger charge is -2.30. The second kappa shape index (κ2) is 8.98. The molecule has 1 aliphatic carbocycles. The van der Waals surface area contributed by atoms with Crippen molar-refractivity contribution in [3.8, 4) is 0 Å². The predicted molar refractivity (Wildman–Crippen MR) is 97.7 cm³/mol. The molecule has 0 N–H and O–H groups in total. The van der Waals surface area contributed by atoms with E-state index in [1.807, 2.05) is 4.90 Å². The van der Waals surface area contributed by atoms with Gasteiger partial charge in [0.25, 0.3) is 5.69 Å². The van der Waals surface area contributed by atoms with E-state index in [0.29, 0.717) is 32.0 Å². The third-order valence-electron chi connectivity index (χ3n) is 5.09. The number of nitro groups is 1. The van der Waals surface area contributed by atoms with Crippen LogP contribution in [0.1, 0.15) is 55.3 Å². The Morgan fingerprint density at radius 3 is 2.42 bits per heavy atom. The summed E-state index contributed by atoms with van der Waals surface area (Å²) in [5.74, 6) is -0.458. The molecule has 26 heavy (non-hydrogen) atoms. The summed E-state index contributed by atoms with van der Waals surface area (Å²) in [6, 6.07) is 4.44. The molecule has 1 aromatic rings. The summed E-state index contributed by atoms with van der Waals surface area (Å²) in [4.78, 5) is 25.6. The molecule has 0 aromatic heterocycles. The van der Waals surface area contributed by atoms with Crippen LogP contribution in [0.25, 0.3) is 0 Å². The maximum atomic E-state index is 12.8. The van der Waals surface area contributed by atoms with Crippen LogP contribution < -0.4 is 4.90 Å². The van der Waals surface area contributed by atoms with Gasteiger partial charge in [0.05, 0.1) is 29.4 Å². The van der Waals surface area contributed by atoms with Crippen molar-refractivity contribution in [3.05, 3.63) is 33.9 Å². The van der Waals surface area contributed by atoms with Gasteiger partial charge in [0, 0.05) is 25.2 Å². The van der Waals surface area contributed by atoms with Crippen LogP contribution in [0.2, 0.25) is 0 Å². The predicted octanol–water partition coefficient (Wildman–Crippen LogP) is 3.70. The molecule has 0 atom stereocenters. The number of morpholine rings is 1. The van der Waals surface area contributed by atoms with E-state index >= 15 is 0 Å². The molecule has 3 rings (SSSR count). The van der Waals surface area contributed by atoms with Gasteiger partial charge < -0.3 is 14.4 Å². The standard InChI is InChI=1S/C19H26N2O5/c22-19(26-16-6-4-2-1-3-5-7-16)17-14-15(21(23)24)8-9-18(17)20-10-12-25-13-11-20/h8-9,14,16H,1-7,10-13H2. The first-order valence-electron chi connectivity index (χ1n) is 9.47. The van der Waals surface area contributed by atoms with Crippen LogP contribution in [0.15, 0.2) is 18.2 Å². The molecule has 0 bridgehead atoms. The van der Waals surface area contributed by atoms with Gasteiger partial charge in [0.15, 0.2) is 0 Å². The number of nitrogens with zero attached hydrogens (tertiary/aromatic N) is 2. The zero-order valence-corrected chi connectivity index (χ0v) is 15.0. The summed E-state index contributed by atoms with van der Waals surface area (Å²) in [7, 11) is 0. The zero-order chi connectivity index (χ0) is 18.4. The van der Waals surface area contributed by atoms with Crippen molar-refractivity contribution in [2.45, 2.75) is 51.0 Å². The Balaban J connectivity index is 1.81. The lowest BCUT2D eigenvalue weighted by Crippen LogP contribution is -2.37. The Morgan fingerprint density at radius 2 is 1.77 bits per heavy atom. The van der Waals surface area contributed by atoms with Crippen molar-refractivity contribution in [2.75, 3.05) is 31.2 Å². The fraction of sp³-hybridized carbons (Fsp3) is 0.632. The molecule has 0 unspecified atom stereocenters. The highest BCUT2D eigenvalue weighted by molar-refractivity contribution is 5.97. The summed E-state index contributed by atoms with van der Waals surface area (Å²) in [5.41, 5.74) is 0.879. The third kappa shape index (κ3) is 4.72. The fourth-order valence-electron chi connectivity index (χ4n) is 3.63. The molecule has 1 saturated carbocycles. The molecule has 1 saturated heterocycles. The molecule has 0 radical (unpaired) electrons. The van der Waals surface area contributed by atoms with E-state index in [2.05, 4.69) is 0 Å². The molecule has 0 amide bonds. The van der Waals surface area contributed by atoms with Gasteiger partial charge in [0.1, 0.15) is 6.10 Å². The SMILES string of the molecule is O=C(OC1CCCCCCC1)c1cc([N+](=O)[O-])ccc1N1CCOCC1. The minimum atomic E-state index is -0.476. The lowest BCUT2D eigenvalue weighted by atomic mass is 9.98. The zero-order valence-electron chi connectivity index (χ0n) is 15.0. The van der Waals surface area contributed by atoms with E-state index in [0.717, 1.165) is 25.7 Å². The monoisotopic (exact) mass is 362 g/mol. The van der Waals surface area contributed by atoms with Crippen LogP contribution in [0.3, 0.4) is 0 Å². The molecule has 2 fully saturated rings. The van der Waals surface area contributed by atoms with Crippen LogP contribution in [0.4, 0.5) is 11.4 Å².